The van der Waals surface area contributed by atoms with Gasteiger partial charge in [0.25, 0.3) is 0 Å². The number of aliphatic hydroxyl groups is 1. The predicted molar refractivity (Wildman–Crippen MR) is 86.2 cm³/mol. The molecular weight excluding hydrogens is 236 g/mol. The summed E-state index contributed by atoms with van der Waals surface area (Å²) in [5.41, 5.74) is 5.42. The number of hydrogen-bond acceptors (Lipinski definition) is 3. The Hall–Kier alpha value is -0.120. The quantitative estimate of drug-likeness (QED) is 0.630. The van der Waals surface area contributed by atoms with Gasteiger partial charge in [-0.05, 0) is 19.4 Å². The third kappa shape index (κ3) is 12.6. The maximum Gasteiger partial charge on any atom is 0.0823 e. The Bertz CT molecular complexity index is 131. The normalized spacial score (nSPS) is 27.2. The highest BCUT2D eigenvalue weighted by atomic mass is 16.3. The molecule has 0 aromatic heterocycles. The van der Waals surface area contributed by atoms with Crippen molar-refractivity contribution in [2.45, 2.75) is 97.8 Å². The van der Waals surface area contributed by atoms with Gasteiger partial charge >= 0.3 is 0 Å². The van der Waals surface area contributed by atoms with E-state index in [-0.39, 0.29) is 19.7 Å². The lowest BCUT2D eigenvalue weighted by Gasteiger charge is -2.24. The van der Waals surface area contributed by atoms with Gasteiger partial charge in [-0.15, -0.1) is 0 Å². The fourth-order valence-corrected chi connectivity index (χ4v) is 2.31. The zero-order valence-electron chi connectivity index (χ0n) is 12.5. The van der Waals surface area contributed by atoms with Crippen LogP contribution in [-0.4, -0.2) is 23.9 Å². The molecular formula is C16H38N2O. The summed E-state index contributed by atoms with van der Waals surface area (Å²) in [6, 6.07) is 0. The van der Waals surface area contributed by atoms with Crippen LogP contribution in [0, 0.1) is 0 Å². The minimum Gasteiger partial charge on any atom is -0.390 e. The molecule has 1 heterocycles. The molecule has 118 valence electrons. The van der Waals surface area contributed by atoms with Gasteiger partial charge in [-0.25, -0.2) is 0 Å². The summed E-state index contributed by atoms with van der Waals surface area (Å²) in [6.07, 6.45) is 13.4. The highest BCUT2D eigenvalue weighted by Gasteiger charge is 2.17. The lowest BCUT2D eigenvalue weighted by atomic mass is 10.0. The number of aliphatic hydroxyl groups excluding tert-OH is 1. The minimum atomic E-state index is -0.330. The summed E-state index contributed by atoms with van der Waals surface area (Å²) in [4.78, 5) is 0. The Kier molecular flexibility index (Phi) is 17.8. The molecule has 0 aromatic rings. The van der Waals surface area contributed by atoms with Gasteiger partial charge < -0.3 is 10.8 Å². The predicted octanol–water partition coefficient (Wildman–Crippen LogP) is 3.80. The van der Waals surface area contributed by atoms with Crippen LogP contribution in [0.2, 0.25) is 0 Å². The first-order valence-electron chi connectivity index (χ1n) is 7.98. The summed E-state index contributed by atoms with van der Waals surface area (Å²) < 4.78 is 0. The van der Waals surface area contributed by atoms with Crippen molar-refractivity contribution in [1.82, 2.24) is 5.32 Å². The number of rotatable bonds is 0. The largest absolute Gasteiger partial charge is 0.390 e. The third-order valence-corrected chi connectivity index (χ3v) is 3.47. The summed E-state index contributed by atoms with van der Waals surface area (Å²) in [5, 5.41) is 11.9. The van der Waals surface area contributed by atoms with Crippen molar-refractivity contribution >= 4 is 0 Å². The average molecular weight is 274 g/mol. The molecule has 3 heteroatoms. The van der Waals surface area contributed by atoms with Crippen molar-refractivity contribution in [3.63, 3.8) is 0 Å². The second-order valence-corrected chi connectivity index (χ2v) is 5.02. The first-order valence-corrected chi connectivity index (χ1v) is 7.98. The van der Waals surface area contributed by atoms with E-state index >= 15 is 0 Å². The highest BCUT2D eigenvalue weighted by molar-refractivity contribution is 4.74. The van der Waals surface area contributed by atoms with Crippen molar-refractivity contribution in [3.8, 4) is 0 Å². The molecule has 2 rings (SSSR count). The van der Waals surface area contributed by atoms with Gasteiger partial charge in [0.1, 0.15) is 0 Å². The molecule has 2 atom stereocenters. The van der Waals surface area contributed by atoms with Crippen LogP contribution in [0.1, 0.15) is 85.5 Å². The van der Waals surface area contributed by atoms with Crippen LogP contribution in [0.5, 0.6) is 0 Å². The van der Waals surface area contributed by atoms with E-state index in [4.69, 9.17) is 10.8 Å². The number of piperidine rings is 1. The molecule has 1 saturated heterocycles. The van der Waals surface area contributed by atoms with E-state index in [2.05, 4.69) is 5.32 Å². The molecule has 19 heavy (non-hydrogen) atoms. The Balaban J connectivity index is 0. The summed E-state index contributed by atoms with van der Waals surface area (Å²) >= 11 is 0. The fourth-order valence-electron chi connectivity index (χ4n) is 2.31. The molecule has 1 aliphatic heterocycles. The van der Waals surface area contributed by atoms with E-state index in [1.165, 1.54) is 51.4 Å². The molecule has 2 aliphatic rings. The van der Waals surface area contributed by atoms with Gasteiger partial charge in [-0.3, -0.25) is 5.32 Å². The molecule has 4 N–H and O–H groups in total. The number of nitrogens with one attached hydrogen (secondary N) is 1. The summed E-state index contributed by atoms with van der Waals surface area (Å²) in [6.45, 7) is 4.94. The molecule has 2 fully saturated rings. The minimum absolute atomic E-state index is 0. The standard InChI is InChI=1S/C8H16.C5H12N2O.C2H6.CH4/c1-2-4-6-8-7-5-3-1;6-5-4(8)2-1-3-7-5;1-2;/h1-8H2;4-5,7-8H,1-3,6H2;1-2H3;1H4. The van der Waals surface area contributed by atoms with Crippen molar-refractivity contribution < 1.29 is 5.11 Å². The maximum atomic E-state index is 8.99. The molecule has 1 saturated carbocycles. The summed E-state index contributed by atoms with van der Waals surface area (Å²) in [7, 11) is 0. The van der Waals surface area contributed by atoms with Gasteiger partial charge in [0.15, 0.2) is 0 Å². The van der Waals surface area contributed by atoms with Crippen molar-refractivity contribution in [2.75, 3.05) is 6.54 Å². The van der Waals surface area contributed by atoms with Gasteiger partial charge in [-0.2, -0.15) is 0 Å². The second-order valence-electron chi connectivity index (χ2n) is 5.02. The second kappa shape index (κ2) is 15.9. The third-order valence-electron chi connectivity index (χ3n) is 3.47. The van der Waals surface area contributed by atoms with Crippen LogP contribution < -0.4 is 11.1 Å². The van der Waals surface area contributed by atoms with Crippen LogP contribution in [0.4, 0.5) is 0 Å². The van der Waals surface area contributed by atoms with Crippen LogP contribution in [0.25, 0.3) is 0 Å². The highest BCUT2D eigenvalue weighted by Crippen LogP contribution is 2.15. The van der Waals surface area contributed by atoms with Crippen LogP contribution >= 0.6 is 0 Å². The molecule has 0 bridgehead atoms. The Morgan fingerprint density at radius 3 is 1.42 bits per heavy atom. The van der Waals surface area contributed by atoms with E-state index in [1.54, 1.807) is 0 Å². The Morgan fingerprint density at radius 2 is 1.21 bits per heavy atom. The Morgan fingerprint density at radius 1 is 0.842 bits per heavy atom. The fraction of sp³-hybridized carbons (Fsp3) is 1.00. The molecule has 1 aliphatic carbocycles. The average Bonchev–Trinajstić information content (AvgIpc) is 2.35. The van der Waals surface area contributed by atoms with Crippen molar-refractivity contribution in [3.05, 3.63) is 0 Å². The topological polar surface area (TPSA) is 58.3 Å². The molecule has 0 aromatic carbocycles. The smallest absolute Gasteiger partial charge is 0.0823 e. The van der Waals surface area contributed by atoms with Gasteiger partial charge in [-0.1, -0.05) is 72.6 Å². The molecule has 0 amide bonds. The van der Waals surface area contributed by atoms with Crippen LogP contribution in [0.15, 0.2) is 0 Å². The maximum absolute atomic E-state index is 8.99. The SMILES string of the molecule is C.C1CCCCCCC1.CC.NC1NCCCC1O. The van der Waals surface area contributed by atoms with Crippen molar-refractivity contribution in [1.29, 1.82) is 0 Å². The number of nitrogens with two attached hydrogens (primary N) is 1. The van der Waals surface area contributed by atoms with Gasteiger partial charge in [0.2, 0.25) is 0 Å². The monoisotopic (exact) mass is 274 g/mol. The summed E-state index contributed by atoms with van der Waals surface area (Å²) in [5.74, 6) is 0. The molecule has 0 spiro atoms. The zero-order chi connectivity index (χ0) is 13.6. The van der Waals surface area contributed by atoms with Crippen molar-refractivity contribution in [2.24, 2.45) is 5.73 Å². The van der Waals surface area contributed by atoms with E-state index in [9.17, 15) is 0 Å². The van der Waals surface area contributed by atoms with Gasteiger partial charge in [0, 0.05) is 0 Å². The van der Waals surface area contributed by atoms with Gasteiger partial charge in [0.05, 0.1) is 12.3 Å². The Labute approximate surface area is 121 Å². The number of hydrogen-bond donors (Lipinski definition) is 3. The van der Waals surface area contributed by atoms with E-state index in [0.29, 0.717) is 0 Å². The molecule has 2 unspecified atom stereocenters. The lowest BCUT2D eigenvalue weighted by Crippen LogP contribution is -2.50. The van der Waals surface area contributed by atoms with E-state index < -0.39 is 0 Å². The van der Waals surface area contributed by atoms with Crippen LogP contribution in [-0.2, 0) is 0 Å². The first kappa shape index (κ1) is 21.2. The molecule has 3 nitrogen and oxygen atoms in total. The van der Waals surface area contributed by atoms with Crippen LogP contribution in [0.3, 0.4) is 0 Å². The zero-order valence-corrected chi connectivity index (χ0v) is 12.5. The van der Waals surface area contributed by atoms with E-state index in [0.717, 1.165) is 19.4 Å². The lowest BCUT2D eigenvalue weighted by molar-refractivity contribution is 0.0991. The molecule has 0 radical (unpaired) electrons. The first-order chi connectivity index (χ1) is 8.80. The van der Waals surface area contributed by atoms with E-state index in [1.807, 2.05) is 13.8 Å².